The molecule has 0 bridgehead atoms. The van der Waals surface area contributed by atoms with Crippen LogP contribution in [0.2, 0.25) is 0 Å². The lowest BCUT2D eigenvalue weighted by atomic mass is 10.1. The summed E-state index contributed by atoms with van der Waals surface area (Å²) in [6.45, 7) is 0.783. The van der Waals surface area contributed by atoms with E-state index in [1.165, 1.54) is 28.9 Å². The highest BCUT2D eigenvalue weighted by Crippen LogP contribution is 2.37. The van der Waals surface area contributed by atoms with E-state index in [2.05, 4.69) is 15.2 Å². The number of hydrogen-bond acceptors (Lipinski definition) is 3. The first-order valence-electron chi connectivity index (χ1n) is 8.92. The minimum absolute atomic E-state index is 0.0186. The highest BCUT2D eigenvalue weighted by molar-refractivity contribution is 5.84. The van der Waals surface area contributed by atoms with Crippen molar-refractivity contribution < 1.29 is 30.7 Å². The van der Waals surface area contributed by atoms with E-state index in [0.717, 1.165) is 19.3 Å². The van der Waals surface area contributed by atoms with Crippen molar-refractivity contribution in [2.24, 2.45) is 0 Å². The smallest absolute Gasteiger partial charge is 0.257 e. The molecular formula is C19H14F7N5. The lowest BCUT2D eigenvalue weighted by molar-refractivity contribution is -0.287. The maximum atomic E-state index is 13.6. The first-order chi connectivity index (χ1) is 14.3. The van der Waals surface area contributed by atoms with Gasteiger partial charge in [-0.1, -0.05) is 12.1 Å². The van der Waals surface area contributed by atoms with Gasteiger partial charge in [0.1, 0.15) is 6.54 Å². The quantitative estimate of drug-likeness (QED) is 0.396. The molecule has 0 spiro atoms. The fraction of sp³-hybridized carbons (Fsp3) is 0.316. The van der Waals surface area contributed by atoms with Gasteiger partial charge in [-0.2, -0.15) is 32.1 Å². The minimum atomic E-state index is -5.71. The highest BCUT2D eigenvalue weighted by Gasteiger charge is 2.57. The zero-order valence-electron chi connectivity index (χ0n) is 16.1. The van der Waals surface area contributed by atoms with E-state index in [1.54, 1.807) is 6.92 Å². The molecule has 4 aromatic rings. The monoisotopic (exact) mass is 445 g/mol. The Hall–Kier alpha value is -3.18. The number of nitrogens with zero attached hydrogens (tertiary/aromatic N) is 5. The number of halogens is 7. The van der Waals surface area contributed by atoms with Crippen LogP contribution in [0.15, 0.2) is 36.7 Å². The van der Waals surface area contributed by atoms with Crippen LogP contribution in [0.1, 0.15) is 18.2 Å². The Morgan fingerprint density at radius 2 is 1.68 bits per heavy atom. The molecule has 0 atom stereocenters. The molecule has 5 nitrogen and oxygen atoms in total. The van der Waals surface area contributed by atoms with E-state index in [4.69, 9.17) is 0 Å². The SMILES string of the molecule is Cc1c2ccc(C(C)(F)F)cc2nn1-c1cc2cnn(CC(F)(F)C(F)(F)F)c2cn1. The van der Waals surface area contributed by atoms with Crippen molar-refractivity contribution in [2.75, 3.05) is 0 Å². The lowest BCUT2D eigenvalue weighted by Crippen LogP contribution is -2.40. The number of hydrogen-bond donors (Lipinski definition) is 0. The van der Waals surface area contributed by atoms with E-state index in [-0.39, 0.29) is 22.3 Å². The number of fused-ring (bicyclic) bond motifs is 2. The molecule has 0 fully saturated rings. The van der Waals surface area contributed by atoms with Crippen molar-refractivity contribution >= 4 is 21.8 Å². The van der Waals surface area contributed by atoms with Gasteiger partial charge in [0.2, 0.25) is 0 Å². The van der Waals surface area contributed by atoms with Crippen molar-refractivity contribution in [1.82, 2.24) is 24.5 Å². The Morgan fingerprint density at radius 3 is 2.32 bits per heavy atom. The zero-order valence-corrected chi connectivity index (χ0v) is 16.1. The number of pyridine rings is 1. The molecule has 0 unspecified atom stereocenters. The van der Waals surface area contributed by atoms with E-state index >= 15 is 0 Å². The van der Waals surface area contributed by atoms with Gasteiger partial charge in [0.05, 0.1) is 29.1 Å². The maximum absolute atomic E-state index is 13.6. The third-order valence-corrected chi connectivity index (χ3v) is 4.91. The van der Waals surface area contributed by atoms with Crippen molar-refractivity contribution in [3.63, 3.8) is 0 Å². The molecule has 0 saturated carbocycles. The third kappa shape index (κ3) is 3.59. The lowest BCUT2D eigenvalue weighted by Gasteiger charge is -2.19. The van der Waals surface area contributed by atoms with Crippen LogP contribution in [0.5, 0.6) is 0 Å². The summed E-state index contributed by atoms with van der Waals surface area (Å²) in [5.41, 5.74) is 0.664. The normalized spacial score (nSPS) is 13.5. The van der Waals surface area contributed by atoms with Crippen molar-refractivity contribution in [1.29, 1.82) is 0 Å². The van der Waals surface area contributed by atoms with Gasteiger partial charge in [-0.25, -0.2) is 18.4 Å². The molecule has 1 aromatic carbocycles. The Kier molecular flexibility index (Phi) is 4.53. The number of alkyl halides is 7. The van der Waals surface area contributed by atoms with Crippen LogP contribution in [0.4, 0.5) is 30.7 Å². The standard InChI is InChI=1S/C19H14F7N5/c1-10-13-4-3-12(17(2,20)21)6-14(13)29-31(10)16-5-11-7-28-30(15(11)8-27-16)9-18(22,23)19(24,25)26/h3-8H,9H2,1-2H3. The highest BCUT2D eigenvalue weighted by atomic mass is 19.4. The largest absolute Gasteiger partial charge is 0.455 e. The van der Waals surface area contributed by atoms with Gasteiger partial charge < -0.3 is 0 Å². The van der Waals surface area contributed by atoms with Crippen molar-refractivity contribution in [3.05, 3.63) is 47.9 Å². The Morgan fingerprint density at radius 1 is 0.968 bits per heavy atom. The number of aryl methyl sites for hydroxylation is 1. The summed E-state index contributed by atoms with van der Waals surface area (Å²) in [6.07, 6.45) is -3.46. The van der Waals surface area contributed by atoms with Crippen LogP contribution < -0.4 is 0 Å². The summed E-state index contributed by atoms with van der Waals surface area (Å²) in [5, 5.41) is 8.78. The summed E-state index contributed by atoms with van der Waals surface area (Å²) in [5.74, 6) is -7.77. The molecule has 0 saturated heterocycles. The number of rotatable bonds is 4. The average Bonchev–Trinajstić information content (AvgIpc) is 3.20. The molecule has 0 aliphatic heterocycles. The van der Waals surface area contributed by atoms with Gasteiger partial charge in [0.25, 0.3) is 5.92 Å². The van der Waals surface area contributed by atoms with Gasteiger partial charge in [0.15, 0.2) is 5.82 Å². The topological polar surface area (TPSA) is 48.5 Å². The first kappa shape index (κ1) is 21.1. The average molecular weight is 445 g/mol. The Balaban J connectivity index is 1.74. The molecule has 0 N–H and O–H groups in total. The predicted molar refractivity (Wildman–Crippen MR) is 97.5 cm³/mol. The molecule has 0 radical (unpaired) electrons. The molecule has 0 aliphatic carbocycles. The first-order valence-corrected chi connectivity index (χ1v) is 8.92. The van der Waals surface area contributed by atoms with Gasteiger partial charge >= 0.3 is 12.1 Å². The summed E-state index contributed by atoms with van der Waals surface area (Å²) in [6, 6.07) is 5.48. The van der Waals surface area contributed by atoms with Crippen LogP contribution in [0.3, 0.4) is 0 Å². The maximum Gasteiger partial charge on any atom is 0.455 e. The summed E-state index contributed by atoms with van der Waals surface area (Å²) in [7, 11) is 0. The third-order valence-electron chi connectivity index (χ3n) is 4.91. The predicted octanol–water partition coefficient (Wildman–Crippen LogP) is 5.39. The van der Waals surface area contributed by atoms with Crippen molar-refractivity contribution in [3.8, 4) is 5.82 Å². The molecule has 3 heterocycles. The second-order valence-corrected chi connectivity index (χ2v) is 7.22. The van der Waals surface area contributed by atoms with Gasteiger partial charge in [-0.05, 0) is 19.1 Å². The molecular weight excluding hydrogens is 431 g/mol. The van der Waals surface area contributed by atoms with E-state index in [1.807, 2.05) is 0 Å². The van der Waals surface area contributed by atoms with Gasteiger partial charge in [0, 0.05) is 23.3 Å². The second-order valence-electron chi connectivity index (χ2n) is 7.22. The molecule has 4 rings (SSSR count). The van der Waals surface area contributed by atoms with E-state index in [9.17, 15) is 30.7 Å². The Bertz CT molecular complexity index is 1280. The van der Waals surface area contributed by atoms with Gasteiger partial charge in [-0.3, -0.25) is 4.68 Å². The van der Waals surface area contributed by atoms with Crippen molar-refractivity contribution in [2.45, 2.75) is 38.4 Å². The molecule has 0 aliphatic rings. The fourth-order valence-electron chi connectivity index (χ4n) is 3.20. The summed E-state index contributed by atoms with van der Waals surface area (Å²) in [4.78, 5) is 4.09. The molecule has 12 heteroatoms. The van der Waals surface area contributed by atoms with Crippen LogP contribution in [0, 0.1) is 6.92 Å². The molecule has 31 heavy (non-hydrogen) atoms. The summed E-state index contributed by atoms with van der Waals surface area (Å²) >= 11 is 0. The second kappa shape index (κ2) is 6.66. The number of benzene rings is 1. The van der Waals surface area contributed by atoms with E-state index in [0.29, 0.717) is 21.3 Å². The van der Waals surface area contributed by atoms with Gasteiger partial charge in [-0.15, -0.1) is 0 Å². The van der Waals surface area contributed by atoms with Crippen LogP contribution in [0.25, 0.3) is 27.6 Å². The molecule has 164 valence electrons. The summed E-state index contributed by atoms with van der Waals surface area (Å²) < 4.78 is 93.3. The van der Waals surface area contributed by atoms with Crippen LogP contribution in [-0.2, 0) is 12.5 Å². The number of aromatic nitrogens is 5. The zero-order chi connectivity index (χ0) is 22.8. The van der Waals surface area contributed by atoms with E-state index < -0.39 is 24.6 Å². The molecule has 0 amide bonds. The molecule has 3 aromatic heterocycles. The van der Waals surface area contributed by atoms with Crippen LogP contribution in [-0.4, -0.2) is 36.6 Å². The minimum Gasteiger partial charge on any atom is -0.257 e. The fourth-order valence-corrected chi connectivity index (χ4v) is 3.20. The Labute approximate surface area is 170 Å². The van der Waals surface area contributed by atoms with Crippen LogP contribution >= 0.6 is 0 Å².